The van der Waals surface area contributed by atoms with Crippen LogP contribution < -0.4 is 20.1 Å². The van der Waals surface area contributed by atoms with Crippen LogP contribution in [0.4, 0.5) is 10.5 Å². The lowest BCUT2D eigenvalue weighted by Gasteiger charge is -2.11. The van der Waals surface area contributed by atoms with Crippen LogP contribution in [0.1, 0.15) is 0 Å². The van der Waals surface area contributed by atoms with Crippen LogP contribution in [0.2, 0.25) is 0 Å². The Morgan fingerprint density at radius 1 is 1.28 bits per heavy atom. The summed E-state index contributed by atoms with van der Waals surface area (Å²) in [5, 5.41) is 4.52. The monoisotopic (exact) mass is 272 g/mol. The molecular weight excluding hydrogens is 260 g/mol. The number of benzene rings is 1. The highest BCUT2D eigenvalue weighted by Gasteiger charge is 2.10. The van der Waals surface area contributed by atoms with Crippen molar-refractivity contribution in [3.63, 3.8) is 0 Å². The Hall–Kier alpha value is -1.95. The Kier molecular flexibility index (Phi) is 5.26. The van der Waals surface area contributed by atoms with Crippen LogP contribution in [0.5, 0.6) is 11.5 Å². The molecule has 1 aromatic carbocycles. The van der Waals surface area contributed by atoms with Crippen LogP contribution in [0.15, 0.2) is 18.2 Å². The SMILES string of the molecule is COc1ccc(OC)c(NC(=O)NC(=O)CCl)c1. The predicted molar refractivity (Wildman–Crippen MR) is 67.4 cm³/mol. The summed E-state index contributed by atoms with van der Waals surface area (Å²) in [6.45, 7) is 0. The maximum atomic E-state index is 11.5. The Bertz CT molecular complexity index is 451. The summed E-state index contributed by atoms with van der Waals surface area (Å²) in [4.78, 5) is 22.4. The third kappa shape index (κ3) is 3.81. The number of hydrogen-bond donors (Lipinski definition) is 2. The van der Waals surface area contributed by atoms with E-state index >= 15 is 0 Å². The number of methoxy groups -OCH3 is 2. The van der Waals surface area contributed by atoms with Gasteiger partial charge in [-0.05, 0) is 12.1 Å². The first-order valence-corrected chi connectivity index (χ1v) is 5.53. The molecule has 18 heavy (non-hydrogen) atoms. The number of halogens is 1. The van der Waals surface area contributed by atoms with Gasteiger partial charge >= 0.3 is 6.03 Å². The fraction of sp³-hybridized carbons (Fsp3) is 0.273. The van der Waals surface area contributed by atoms with Crippen LogP contribution >= 0.6 is 11.6 Å². The lowest BCUT2D eigenvalue weighted by molar-refractivity contribution is -0.117. The van der Waals surface area contributed by atoms with Gasteiger partial charge in [0.1, 0.15) is 17.4 Å². The van der Waals surface area contributed by atoms with Crippen molar-refractivity contribution in [2.75, 3.05) is 25.4 Å². The lowest BCUT2D eigenvalue weighted by atomic mass is 10.2. The maximum absolute atomic E-state index is 11.5. The van der Waals surface area contributed by atoms with E-state index in [1.54, 1.807) is 18.2 Å². The van der Waals surface area contributed by atoms with E-state index in [1.807, 2.05) is 5.32 Å². The van der Waals surface area contributed by atoms with Crippen molar-refractivity contribution >= 4 is 29.2 Å². The Morgan fingerprint density at radius 2 is 2.00 bits per heavy atom. The fourth-order valence-electron chi connectivity index (χ4n) is 1.23. The number of alkyl halides is 1. The summed E-state index contributed by atoms with van der Waals surface area (Å²) in [7, 11) is 2.97. The quantitative estimate of drug-likeness (QED) is 0.816. The smallest absolute Gasteiger partial charge is 0.326 e. The van der Waals surface area contributed by atoms with Crippen molar-refractivity contribution in [3.8, 4) is 11.5 Å². The van der Waals surface area contributed by atoms with Crippen LogP contribution in [0.3, 0.4) is 0 Å². The zero-order chi connectivity index (χ0) is 13.5. The minimum Gasteiger partial charge on any atom is -0.497 e. The first-order valence-electron chi connectivity index (χ1n) is 4.99. The molecule has 0 radical (unpaired) electrons. The second-order valence-electron chi connectivity index (χ2n) is 3.20. The standard InChI is InChI=1S/C11H13ClN2O4/c1-17-7-3-4-9(18-2)8(5-7)13-11(16)14-10(15)6-12/h3-5H,6H2,1-2H3,(H2,13,14,15,16). The predicted octanol–water partition coefficient (Wildman–Crippen LogP) is 1.59. The summed E-state index contributed by atoms with van der Waals surface area (Å²) in [6, 6.07) is 4.21. The highest BCUT2D eigenvalue weighted by atomic mass is 35.5. The summed E-state index contributed by atoms with van der Waals surface area (Å²) in [5.41, 5.74) is 0.386. The van der Waals surface area contributed by atoms with Gasteiger partial charge in [0, 0.05) is 6.07 Å². The zero-order valence-electron chi connectivity index (χ0n) is 9.95. The van der Waals surface area contributed by atoms with E-state index in [4.69, 9.17) is 21.1 Å². The fourth-order valence-corrected chi connectivity index (χ4v) is 1.29. The summed E-state index contributed by atoms with van der Waals surface area (Å²) in [6.07, 6.45) is 0. The number of imide groups is 1. The highest BCUT2D eigenvalue weighted by Crippen LogP contribution is 2.28. The molecule has 1 aromatic rings. The van der Waals surface area contributed by atoms with Gasteiger partial charge in [-0.2, -0.15) is 0 Å². The molecule has 2 N–H and O–H groups in total. The van der Waals surface area contributed by atoms with Crippen molar-refractivity contribution in [3.05, 3.63) is 18.2 Å². The molecule has 1 rings (SSSR count). The lowest BCUT2D eigenvalue weighted by Crippen LogP contribution is -2.35. The van der Waals surface area contributed by atoms with E-state index in [9.17, 15) is 9.59 Å². The number of nitrogens with one attached hydrogen (secondary N) is 2. The van der Waals surface area contributed by atoms with Crippen LogP contribution in [-0.2, 0) is 4.79 Å². The molecule has 0 aliphatic rings. The number of urea groups is 1. The molecule has 0 aromatic heterocycles. The average molecular weight is 273 g/mol. The first-order chi connectivity index (χ1) is 8.60. The van der Waals surface area contributed by atoms with Gasteiger partial charge in [0.05, 0.1) is 19.9 Å². The van der Waals surface area contributed by atoms with Gasteiger partial charge in [-0.15, -0.1) is 11.6 Å². The van der Waals surface area contributed by atoms with Gasteiger partial charge in [-0.1, -0.05) is 0 Å². The van der Waals surface area contributed by atoms with Crippen LogP contribution in [-0.4, -0.2) is 32.0 Å². The molecule has 0 spiro atoms. The van der Waals surface area contributed by atoms with Gasteiger partial charge in [-0.25, -0.2) is 4.79 Å². The van der Waals surface area contributed by atoms with E-state index in [0.29, 0.717) is 17.2 Å². The highest BCUT2D eigenvalue weighted by molar-refractivity contribution is 6.28. The molecule has 98 valence electrons. The Morgan fingerprint density at radius 3 is 2.56 bits per heavy atom. The summed E-state index contributed by atoms with van der Waals surface area (Å²) >= 11 is 5.27. The second kappa shape index (κ2) is 6.70. The van der Waals surface area contributed by atoms with Crippen molar-refractivity contribution in [1.29, 1.82) is 0 Å². The molecule has 0 heterocycles. The normalized spacial score (nSPS) is 9.50. The molecule has 7 heteroatoms. The number of amides is 3. The third-order valence-corrected chi connectivity index (χ3v) is 2.27. The number of anilines is 1. The van der Waals surface area contributed by atoms with E-state index in [-0.39, 0.29) is 5.88 Å². The number of ether oxygens (including phenoxy) is 2. The van der Waals surface area contributed by atoms with E-state index in [1.165, 1.54) is 14.2 Å². The van der Waals surface area contributed by atoms with Gasteiger partial charge < -0.3 is 14.8 Å². The van der Waals surface area contributed by atoms with E-state index in [2.05, 4.69) is 5.32 Å². The molecule has 0 fully saturated rings. The molecule has 0 saturated carbocycles. The molecule has 0 atom stereocenters. The van der Waals surface area contributed by atoms with Gasteiger partial charge in [0.15, 0.2) is 0 Å². The molecule has 0 saturated heterocycles. The number of rotatable bonds is 4. The largest absolute Gasteiger partial charge is 0.497 e. The third-order valence-electron chi connectivity index (χ3n) is 2.03. The average Bonchev–Trinajstić information content (AvgIpc) is 2.38. The van der Waals surface area contributed by atoms with Gasteiger partial charge in [-0.3, -0.25) is 10.1 Å². The molecule has 0 unspecified atom stereocenters. The molecule has 0 aliphatic carbocycles. The zero-order valence-corrected chi connectivity index (χ0v) is 10.7. The molecule has 6 nitrogen and oxygen atoms in total. The number of hydrogen-bond acceptors (Lipinski definition) is 4. The molecule has 0 bridgehead atoms. The Balaban J connectivity index is 2.81. The number of carbonyl (C=O) groups excluding carboxylic acids is 2. The van der Waals surface area contributed by atoms with Crippen molar-refractivity contribution in [2.24, 2.45) is 0 Å². The Labute approximate surface area is 109 Å². The van der Waals surface area contributed by atoms with Crippen LogP contribution in [0, 0.1) is 0 Å². The van der Waals surface area contributed by atoms with Gasteiger partial charge in [0.2, 0.25) is 5.91 Å². The summed E-state index contributed by atoms with van der Waals surface area (Å²) in [5.74, 6) is 0.123. The van der Waals surface area contributed by atoms with Crippen molar-refractivity contribution in [2.45, 2.75) is 0 Å². The molecule has 3 amide bonds. The molecule has 0 aliphatic heterocycles. The minimum absolute atomic E-state index is 0.289. The topological polar surface area (TPSA) is 76.7 Å². The van der Waals surface area contributed by atoms with Crippen molar-refractivity contribution < 1.29 is 19.1 Å². The summed E-state index contributed by atoms with van der Waals surface area (Å²) < 4.78 is 10.1. The maximum Gasteiger partial charge on any atom is 0.326 e. The van der Waals surface area contributed by atoms with Crippen LogP contribution in [0.25, 0.3) is 0 Å². The molecular formula is C11H13ClN2O4. The first kappa shape index (κ1) is 14.1. The van der Waals surface area contributed by atoms with E-state index in [0.717, 1.165) is 0 Å². The van der Waals surface area contributed by atoms with Gasteiger partial charge in [0.25, 0.3) is 0 Å². The van der Waals surface area contributed by atoms with E-state index < -0.39 is 11.9 Å². The minimum atomic E-state index is -0.688. The van der Waals surface area contributed by atoms with Crippen molar-refractivity contribution in [1.82, 2.24) is 5.32 Å². The second-order valence-corrected chi connectivity index (χ2v) is 3.47. The number of carbonyl (C=O) groups is 2.